The summed E-state index contributed by atoms with van der Waals surface area (Å²) < 4.78 is 35.4. The zero-order valence-electron chi connectivity index (χ0n) is 13.7. The van der Waals surface area contributed by atoms with Crippen LogP contribution in [0.15, 0.2) is 42.5 Å². The highest BCUT2D eigenvalue weighted by Crippen LogP contribution is 2.48. The molecule has 0 amide bonds. The topological polar surface area (TPSA) is 9.23 Å². The Kier molecular flexibility index (Phi) is 5.21. The Labute approximate surface area is 146 Å². The Morgan fingerprint density at radius 3 is 2.58 bits per heavy atom. The van der Waals surface area contributed by atoms with Crippen LogP contribution >= 0.6 is 11.6 Å². The van der Waals surface area contributed by atoms with Gasteiger partial charge in [-0.05, 0) is 41.7 Å². The standard InChI is InChI=1S/C20H21ClF2O/c1-2-3-4-5-14-6-11-18-16(12-14)13-24-19(20(18,22)23)15-7-9-17(21)10-8-15/h6-12,19H,2-5,13H2,1H3. The zero-order valence-corrected chi connectivity index (χ0v) is 14.5. The Morgan fingerprint density at radius 1 is 1.12 bits per heavy atom. The molecule has 128 valence electrons. The number of aryl methyl sites for hydroxylation is 1. The highest BCUT2D eigenvalue weighted by Gasteiger charge is 2.47. The number of benzene rings is 2. The molecule has 2 aromatic rings. The van der Waals surface area contributed by atoms with Crippen molar-refractivity contribution in [1.29, 1.82) is 0 Å². The van der Waals surface area contributed by atoms with Crippen molar-refractivity contribution in [3.05, 3.63) is 69.7 Å². The van der Waals surface area contributed by atoms with Gasteiger partial charge in [-0.1, -0.05) is 61.7 Å². The van der Waals surface area contributed by atoms with Crippen molar-refractivity contribution in [3.8, 4) is 0 Å². The third-order valence-electron chi connectivity index (χ3n) is 4.51. The maximum atomic E-state index is 14.9. The second-order valence-corrected chi connectivity index (χ2v) is 6.75. The van der Waals surface area contributed by atoms with Gasteiger partial charge in [0.2, 0.25) is 0 Å². The van der Waals surface area contributed by atoms with Gasteiger partial charge >= 0.3 is 5.92 Å². The molecule has 0 aliphatic carbocycles. The first-order chi connectivity index (χ1) is 11.5. The van der Waals surface area contributed by atoms with Gasteiger partial charge in [-0.2, -0.15) is 8.78 Å². The van der Waals surface area contributed by atoms with Crippen LogP contribution in [0.3, 0.4) is 0 Å². The number of rotatable bonds is 5. The molecule has 2 aromatic carbocycles. The van der Waals surface area contributed by atoms with E-state index in [2.05, 4.69) is 6.92 Å². The van der Waals surface area contributed by atoms with Gasteiger partial charge in [0.25, 0.3) is 0 Å². The number of hydrogen-bond donors (Lipinski definition) is 0. The minimum absolute atomic E-state index is 0.0768. The molecular weight excluding hydrogens is 330 g/mol. The third-order valence-corrected chi connectivity index (χ3v) is 4.76. The summed E-state index contributed by atoms with van der Waals surface area (Å²) in [5, 5.41) is 0.523. The number of fused-ring (bicyclic) bond motifs is 1. The molecule has 1 heterocycles. The van der Waals surface area contributed by atoms with Crippen molar-refractivity contribution in [2.75, 3.05) is 0 Å². The zero-order chi connectivity index (χ0) is 17.2. The van der Waals surface area contributed by atoms with E-state index >= 15 is 0 Å². The second kappa shape index (κ2) is 7.20. The van der Waals surface area contributed by atoms with Crippen molar-refractivity contribution < 1.29 is 13.5 Å². The van der Waals surface area contributed by atoms with E-state index in [0.717, 1.165) is 31.2 Å². The molecule has 0 spiro atoms. The van der Waals surface area contributed by atoms with Gasteiger partial charge in [0.15, 0.2) is 6.10 Å². The molecule has 0 bridgehead atoms. The maximum Gasteiger partial charge on any atom is 0.303 e. The fourth-order valence-electron chi connectivity index (χ4n) is 3.19. The Bertz CT molecular complexity index is 697. The molecule has 0 aromatic heterocycles. The van der Waals surface area contributed by atoms with E-state index in [1.54, 1.807) is 30.3 Å². The molecule has 4 heteroatoms. The van der Waals surface area contributed by atoms with Gasteiger partial charge in [-0.15, -0.1) is 0 Å². The molecular formula is C20H21ClF2O. The molecule has 0 radical (unpaired) electrons. The summed E-state index contributed by atoms with van der Waals surface area (Å²) in [6.07, 6.45) is 3.04. The van der Waals surface area contributed by atoms with Crippen LogP contribution in [-0.4, -0.2) is 0 Å². The third kappa shape index (κ3) is 3.47. The van der Waals surface area contributed by atoms with Crippen molar-refractivity contribution in [1.82, 2.24) is 0 Å². The van der Waals surface area contributed by atoms with Crippen molar-refractivity contribution in [3.63, 3.8) is 0 Å². The fourth-order valence-corrected chi connectivity index (χ4v) is 3.31. The SMILES string of the molecule is CCCCCc1ccc2c(c1)COC(c1ccc(Cl)cc1)C2(F)F. The van der Waals surface area contributed by atoms with Crippen LogP contribution < -0.4 is 0 Å². The maximum absolute atomic E-state index is 14.9. The van der Waals surface area contributed by atoms with Gasteiger partial charge < -0.3 is 4.74 Å². The van der Waals surface area contributed by atoms with Crippen molar-refractivity contribution in [2.45, 2.75) is 51.2 Å². The summed E-state index contributed by atoms with van der Waals surface area (Å²) in [5.41, 5.74) is 2.22. The molecule has 1 aliphatic heterocycles. The van der Waals surface area contributed by atoms with Crippen LogP contribution in [0.25, 0.3) is 0 Å². The van der Waals surface area contributed by atoms with E-state index < -0.39 is 12.0 Å². The Balaban J connectivity index is 1.85. The molecule has 3 rings (SSSR count). The van der Waals surface area contributed by atoms with E-state index in [1.165, 1.54) is 0 Å². The van der Waals surface area contributed by atoms with Gasteiger partial charge in [-0.3, -0.25) is 0 Å². The number of ether oxygens (including phenoxy) is 1. The molecule has 1 nitrogen and oxygen atoms in total. The predicted octanol–water partition coefficient (Wildman–Crippen LogP) is 6.44. The normalized spacial score (nSPS) is 19.1. The van der Waals surface area contributed by atoms with E-state index in [1.807, 2.05) is 12.1 Å². The number of hydrogen-bond acceptors (Lipinski definition) is 1. The summed E-state index contributed by atoms with van der Waals surface area (Å²) in [4.78, 5) is 0. The predicted molar refractivity (Wildman–Crippen MR) is 92.5 cm³/mol. The Morgan fingerprint density at radius 2 is 1.88 bits per heavy atom. The van der Waals surface area contributed by atoms with Gasteiger partial charge in [-0.25, -0.2) is 0 Å². The van der Waals surface area contributed by atoms with Crippen molar-refractivity contribution in [2.24, 2.45) is 0 Å². The molecule has 0 fully saturated rings. The molecule has 1 atom stereocenters. The van der Waals surface area contributed by atoms with Crippen molar-refractivity contribution >= 4 is 11.6 Å². The molecule has 24 heavy (non-hydrogen) atoms. The van der Waals surface area contributed by atoms with Crippen LogP contribution in [0.1, 0.15) is 54.5 Å². The molecule has 1 unspecified atom stereocenters. The smallest absolute Gasteiger partial charge is 0.303 e. The minimum atomic E-state index is -3.05. The minimum Gasteiger partial charge on any atom is -0.362 e. The quantitative estimate of drug-likeness (QED) is 0.564. The first-order valence-corrected chi connectivity index (χ1v) is 8.77. The lowest BCUT2D eigenvalue weighted by Gasteiger charge is -2.34. The van der Waals surface area contributed by atoms with E-state index in [0.29, 0.717) is 16.1 Å². The van der Waals surface area contributed by atoms with Gasteiger partial charge in [0.1, 0.15) is 0 Å². The Hall–Kier alpha value is -1.45. The average molecular weight is 351 g/mol. The summed E-state index contributed by atoms with van der Waals surface area (Å²) >= 11 is 5.84. The van der Waals surface area contributed by atoms with Crippen LogP contribution in [0.2, 0.25) is 5.02 Å². The first-order valence-electron chi connectivity index (χ1n) is 8.39. The lowest BCUT2D eigenvalue weighted by molar-refractivity contribution is -0.167. The first kappa shape index (κ1) is 17.4. The lowest BCUT2D eigenvalue weighted by Crippen LogP contribution is -2.32. The monoisotopic (exact) mass is 350 g/mol. The second-order valence-electron chi connectivity index (χ2n) is 6.31. The van der Waals surface area contributed by atoms with Crippen LogP contribution in [0.5, 0.6) is 0 Å². The summed E-state index contributed by atoms with van der Waals surface area (Å²) in [6.45, 7) is 2.36. The van der Waals surface area contributed by atoms with Crippen LogP contribution in [0, 0.1) is 0 Å². The number of halogens is 3. The largest absolute Gasteiger partial charge is 0.362 e. The summed E-state index contributed by atoms with van der Waals surface area (Å²) in [6, 6.07) is 11.7. The molecule has 0 saturated carbocycles. The van der Waals surface area contributed by atoms with Gasteiger partial charge in [0, 0.05) is 10.6 Å². The molecule has 0 saturated heterocycles. The highest BCUT2D eigenvalue weighted by atomic mass is 35.5. The van der Waals surface area contributed by atoms with E-state index in [4.69, 9.17) is 16.3 Å². The van der Waals surface area contributed by atoms with Crippen LogP contribution in [-0.2, 0) is 23.7 Å². The van der Waals surface area contributed by atoms with E-state index in [9.17, 15) is 8.78 Å². The lowest BCUT2D eigenvalue weighted by atomic mass is 9.89. The number of alkyl halides is 2. The highest BCUT2D eigenvalue weighted by molar-refractivity contribution is 6.30. The van der Waals surface area contributed by atoms with E-state index in [-0.39, 0.29) is 12.2 Å². The van der Waals surface area contributed by atoms with Crippen LogP contribution in [0.4, 0.5) is 8.78 Å². The molecule has 1 aliphatic rings. The van der Waals surface area contributed by atoms with Gasteiger partial charge in [0.05, 0.1) is 6.61 Å². The fraction of sp³-hybridized carbons (Fsp3) is 0.400. The average Bonchev–Trinajstić information content (AvgIpc) is 2.56. The molecule has 0 N–H and O–H groups in total. The summed E-state index contributed by atoms with van der Waals surface area (Å²) in [5.74, 6) is -3.05. The summed E-state index contributed by atoms with van der Waals surface area (Å²) in [7, 11) is 0. The number of unbranched alkanes of at least 4 members (excludes halogenated alkanes) is 2.